The van der Waals surface area contributed by atoms with E-state index in [1.807, 2.05) is 12.1 Å². The van der Waals surface area contributed by atoms with Crippen molar-refractivity contribution in [1.29, 1.82) is 0 Å². The van der Waals surface area contributed by atoms with Gasteiger partial charge in [-0.1, -0.05) is 0 Å². The number of rotatable bonds is 7. The van der Waals surface area contributed by atoms with E-state index in [0.29, 0.717) is 23.8 Å². The van der Waals surface area contributed by atoms with E-state index in [1.54, 1.807) is 25.2 Å². The summed E-state index contributed by atoms with van der Waals surface area (Å²) in [4.78, 5) is 14.9. The topological polar surface area (TPSA) is 48.0 Å². The Hall–Kier alpha value is -2.76. The number of methoxy groups -OCH3 is 3. The number of amides is 1. The van der Waals surface area contributed by atoms with E-state index < -0.39 is 5.82 Å². The average Bonchev–Trinajstić information content (AvgIpc) is 3.50. The predicted molar refractivity (Wildman–Crippen MR) is 95.4 cm³/mol. The summed E-state index contributed by atoms with van der Waals surface area (Å²) in [5, 5.41) is 0. The van der Waals surface area contributed by atoms with Gasteiger partial charge >= 0.3 is 0 Å². The van der Waals surface area contributed by atoms with Crippen molar-refractivity contribution in [2.75, 3.05) is 21.3 Å². The van der Waals surface area contributed by atoms with Gasteiger partial charge in [0.05, 0.1) is 33.4 Å². The van der Waals surface area contributed by atoms with Gasteiger partial charge in [0.25, 0.3) is 5.91 Å². The summed E-state index contributed by atoms with van der Waals surface area (Å²) in [6, 6.07) is 9.57. The molecule has 1 amide bonds. The van der Waals surface area contributed by atoms with Crippen molar-refractivity contribution in [2.24, 2.45) is 0 Å². The second-order valence-electron chi connectivity index (χ2n) is 6.19. The third kappa shape index (κ3) is 3.74. The molecule has 1 saturated carbocycles. The maximum atomic E-state index is 13.7. The van der Waals surface area contributed by atoms with Crippen molar-refractivity contribution in [3.8, 4) is 17.2 Å². The molecule has 0 unspecified atom stereocenters. The quantitative estimate of drug-likeness (QED) is 0.757. The van der Waals surface area contributed by atoms with Gasteiger partial charge in [-0.2, -0.15) is 0 Å². The number of ether oxygens (including phenoxy) is 3. The standard InChI is InChI=1S/C20H22FNO4/c1-24-16-7-9-18(25-2)13(10-16)12-22(15-5-6-15)20(23)17-11-14(21)4-8-19(17)26-3/h4,7-11,15H,5-6,12H2,1-3H3. The van der Waals surface area contributed by atoms with E-state index in [4.69, 9.17) is 14.2 Å². The number of nitrogens with zero attached hydrogens (tertiary/aromatic N) is 1. The number of halogens is 1. The Kier molecular flexibility index (Phi) is 5.30. The fourth-order valence-electron chi connectivity index (χ4n) is 2.94. The molecule has 1 aliphatic rings. The molecule has 0 atom stereocenters. The molecule has 0 bridgehead atoms. The lowest BCUT2D eigenvalue weighted by molar-refractivity contribution is 0.0724. The Labute approximate surface area is 152 Å². The Morgan fingerprint density at radius 1 is 1.04 bits per heavy atom. The molecule has 0 radical (unpaired) electrons. The van der Waals surface area contributed by atoms with Gasteiger partial charge in [0.15, 0.2) is 0 Å². The van der Waals surface area contributed by atoms with Crippen molar-refractivity contribution in [3.63, 3.8) is 0 Å². The number of hydrogen-bond donors (Lipinski definition) is 0. The lowest BCUT2D eigenvalue weighted by atomic mass is 10.1. The normalized spacial score (nSPS) is 13.2. The maximum absolute atomic E-state index is 13.7. The van der Waals surface area contributed by atoms with Crippen LogP contribution in [0.25, 0.3) is 0 Å². The zero-order valence-electron chi connectivity index (χ0n) is 15.1. The minimum Gasteiger partial charge on any atom is -0.497 e. The van der Waals surface area contributed by atoms with E-state index in [2.05, 4.69) is 0 Å². The van der Waals surface area contributed by atoms with E-state index in [1.165, 1.54) is 25.3 Å². The van der Waals surface area contributed by atoms with Gasteiger partial charge in [0, 0.05) is 11.6 Å². The summed E-state index contributed by atoms with van der Waals surface area (Å²) in [5.41, 5.74) is 1.06. The average molecular weight is 359 g/mol. The van der Waals surface area contributed by atoms with Crippen LogP contribution in [-0.2, 0) is 6.54 Å². The summed E-state index contributed by atoms with van der Waals surface area (Å²) in [6.07, 6.45) is 1.85. The molecule has 2 aromatic carbocycles. The predicted octanol–water partition coefficient (Wildman–Crippen LogP) is 3.66. The van der Waals surface area contributed by atoms with E-state index in [-0.39, 0.29) is 17.5 Å². The Morgan fingerprint density at radius 3 is 2.35 bits per heavy atom. The van der Waals surface area contributed by atoms with Gasteiger partial charge in [0.1, 0.15) is 23.1 Å². The molecule has 0 aromatic heterocycles. The van der Waals surface area contributed by atoms with Crippen LogP contribution in [0.1, 0.15) is 28.8 Å². The van der Waals surface area contributed by atoms with Crippen LogP contribution in [0.15, 0.2) is 36.4 Å². The third-order valence-electron chi connectivity index (χ3n) is 4.47. The first-order chi connectivity index (χ1) is 12.6. The first-order valence-electron chi connectivity index (χ1n) is 8.42. The molecule has 0 N–H and O–H groups in total. The second kappa shape index (κ2) is 7.64. The molecule has 2 aromatic rings. The minimum atomic E-state index is -0.469. The van der Waals surface area contributed by atoms with Crippen molar-refractivity contribution < 1.29 is 23.4 Å². The number of carbonyl (C=O) groups excluding carboxylic acids is 1. The molecule has 5 nitrogen and oxygen atoms in total. The van der Waals surface area contributed by atoms with Crippen LogP contribution in [-0.4, -0.2) is 38.2 Å². The van der Waals surface area contributed by atoms with Crippen LogP contribution in [0.5, 0.6) is 17.2 Å². The molecule has 3 rings (SSSR count). The molecule has 0 saturated heterocycles. The molecule has 26 heavy (non-hydrogen) atoms. The van der Waals surface area contributed by atoms with Crippen LogP contribution in [0, 0.1) is 5.82 Å². The number of hydrogen-bond acceptors (Lipinski definition) is 4. The molecule has 1 fully saturated rings. The first-order valence-corrected chi connectivity index (χ1v) is 8.42. The molecule has 0 heterocycles. The summed E-state index contributed by atoms with van der Waals surface area (Å²) in [5.74, 6) is 1.00. The lowest BCUT2D eigenvalue weighted by Crippen LogP contribution is -2.33. The van der Waals surface area contributed by atoms with Gasteiger partial charge in [0.2, 0.25) is 0 Å². The second-order valence-corrected chi connectivity index (χ2v) is 6.19. The molecule has 0 aliphatic heterocycles. The third-order valence-corrected chi connectivity index (χ3v) is 4.47. The first kappa shape index (κ1) is 18.0. The molecule has 1 aliphatic carbocycles. The highest BCUT2D eigenvalue weighted by Gasteiger charge is 2.35. The van der Waals surface area contributed by atoms with Gasteiger partial charge in [-0.15, -0.1) is 0 Å². The fourth-order valence-corrected chi connectivity index (χ4v) is 2.94. The maximum Gasteiger partial charge on any atom is 0.258 e. The van der Waals surface area contributed by atoms with Gasteiger partial charge < -0.3 is 19.1 Å². The highest BCUT2D eigenvalue weighted by Crippen LogP contribution is 2.34. The van der Waals surface area contributed by atoms with Crippen molar-refractivity contribution in [3.05, 3.63) is 53.3 Å². The van der Waals surface area contributed by atoms with E-state index in [9.17, 15) is 9.18 Å². The lowest BCUT2D eigenvalue weighted by Gasteiger charge is -2.24. The summed E-state index contributed by atoms with van der Waals surface area (Å²) in [6.45, 7) is 0.351. The van der Waals surface area contributed by atoms with E-state index in [0.717, 1.165) is 18.4 Å². The number of carbonyl (C=O) groups is 1. The summed E-state index contributed by atoms with van der Waals surface area (Å²) >= 11 is 0. The van der Waals surface area contributed by atoms with Crippen LogP contribution in [0.4, 0.5) is 4.39 Å². The fraction of sp³-hybridized carbons (Fsp3) is 0.350. The zero-order valence-corrected chi connectivity index (χ0v) is 15.1. The Balaban J connectivity index is 1.94. The highest BCUT2D eigenvalue weighted by molar-refractivity contribution is 5.97. The Morgan fingerprint density at radius 2 is 1.73 bits per heavy atom. The molecule has 6 heteroatoms. The molecular weight excluding hydrogens is 337 g/mol. The summed E-state index contributed by atoms with van der Waals surface area (Å²) in [7, 11) is 4.65. The van der Waals surface area contributed by atoms with Gasteiger partial charge in [-0.3, -0.25) is 4.79 Å². The number of benzene rings is 2. The SMILES string of the molecule is COc1ccc(OC)c(CN(C(=O)c2cc(F)ccc2OC)C2CC2)c1. The zero-order chi connectivity index (χ0) is 18.7. The van der Waals surface area contributed by atoms with Crippen LogP contribution >= 0.6 is 0 Å². The molecule has 138 valence electrons. The smallest absolute Gasteiger partial charge is 0.258 e. The Bertz CT molecular complexity index is 804. The summed E-state index contributed by atoms with van der Waals surface area (Å²) < 4.78 is 29.6. The van der Waals surface area contributed by atoms with Gasteiger partial charge in [-0.05, 0) is 49.2 Å². The van der Waals surface area contributed by atoms with Crippen molar-refractivity contribution >= 4 is 5.91 Å². The van der Waals surface area contributed by atoms with Crippen LogP contribution in [0.3, 0.4) is 0 Å². The molecular formula is C20H22FNO4. The van der Waals surface area contributed by atoms with Crippen LogP contribution < -0.4 is 14.2 Å². The van der Waals surface area contributed by atoms with Crippen molar-refractivity contribution in [1.82, 2.24) is 4.90 Å². The monoisotopic (exact) mass is 359 g/mol. The van der Waals surface area contributed by atoms with E-state index >= 15 is 0 Å². The largest absolute Gasteiger partial charge is 0.497 e. The molecule has 0 spiro atoms. The minimum absolute atomic E-state index is 0.131. The van der Waals surface area contributed by atoms with Crippen LogP contribution in [0.2, 0.25) is 0 Å². The highest BCUT2D eigenvalue weighted by atomic mass is 19.1. The van der Waals surface area contributed by atoms with Crippen molar-refractivity contribution in [2.45, 2.75) is 25.4 Å². The van der Waals surface area contributed by atoms with Gasteiger partial charge in [-0.25, -0.2) is 4.39 Å².